The number of carbonyl (C=O) groups is 7. The summed E-state index contributed by atoms with van der Waals surface area (Å²) in [5.41, 5.74) is 0. The first-order valence-corrected chi connectivity index (χ1v) is 14.0. The number of carboxylic acids is 4. The van der Waals surface area contributed by atoms with E-state index in [1.54, 1.807) is 0 Å². The van der Waals surface area contributed by atoms with Gasteiger partial charge < -0.3 is 36.4 Å². The van der Waals surface area contributed by atoms with Crippen LogP contribution in [0, 0.1) is 11.8 Å². The van der Waals surface area contributed by atoms with Gasteiger partial charge in [0, 0.05) is 18.8 Å². The van der Waals surface area contributed by atoms with Crippen LogP contribution in [0.3, 0.4) is 0 Å². The highest BCUT2D eigenvalue weighted by molar-refractivity contribution is 5.91. The summed E-state index contributed by atoms with van der Waals surface area (Å²) in [4.78, 5) is 83.5. The first-order chi connectivity index (χ1) is 19.2. The lowest BCUT2D eigenvalue weighted by Crippen LogP contribution is -2.53. The van der Waals surface area contributed by atoms with Crippen molar-refractivity contribution >= 4 is 41.6 Å². The quantitative estimate of drug-likeness (QED) is 0.0850. The lowest BCUT2D eigenvalue weighted by Gasteiger charge is -2.25. The molecule has 0 aromatic rings. The SMILES string of the molecule is CCCCCCCCC(=O)NC(CC(C)C(=O)NC(CC(C)C(=O)O)C(=O)O)C(=O)NC(CCCC(=O)O)C(=O)O. The summed E-state index contributed by atoms with van der Waals surface area (Å²) in [5, 5.41) is 43.8. The molecule has 0 radical (unpaired) electrons. The molecule has 0 fully saturated rings. The van der Waals surface area contributed by atoms with Gasteiger partial charge in [-0.1, -0.05) is 52.9 Å². The minimum atomic E-state index is -1.50. The normalized spacial score (nSPS) is 14.5. The highest BCUT2D eigenvalue weighted by Crippen LogP contribution is 2.13. The van der Waals surface area contributed by atoms with Gasteiger partial charge in [0.1, 0.15) is 18.1 Å². The van der Waals surface area contributed by atoms with E-state index in [0.717, 1.165) is 32.1 Å². The van der Waals surface area contributed by atoms with Crippen molar-refractivity contribution in [3.05, 3.63) is 0 Å². The first kappa shape index (κ1) is 37.3. The number of unbranched alkanes of at least 4 members (excludes halogenated alkanes) is 5. The van der Waals surface area contributed by atoms with Crippen LogP contribution in [-0.4, -0.2) is 80.2 Å². The Morgan fingerprint density at radius 3 is 1.63 bits per heavy atom. The Bertz CT molecular complexity index is 909. The number of carboxylic acid groups (broad SMARTS) is 4. The molecule has 0 aromatic heterocycles. The van der Waals surface area contributed by atoms with E-state index in [9.17, 15) is 43.8 Å². The Hall–Kier alpha value is -3.71. The van der Waals surface area contributed by atoms with Crippen molar-refractivity contribution < 1.29 is 54.0 Å². The van der Waals surface area contributed by atoms with E-state index in [1.807, 2.05) is 0 Å². The van der Waals surface area contributed by atoms with Crippen LogP contribution in [0.5, 0.6) is 0 Å². The van der Waals surface area contributed by atoms with Crippen LogP contribution in [0.15, 0.2) is 0 Å². The minimum absolute atomic E-state index is 0.0220. The third-order valence-electron chi connectivity index (χ3n) is 6.57. The zero-order valence-corrected chi connectivity index (χ0v) is 24.0. The molecule has 0 spiro atoms. The number of nitrogens with one attached hydrogen (secondary N) is 3. The molecule has 7 N–H and O–H groups in total. The van der Waals surface area contributed by atoms with E-state index in [0.29, 0.717) is 6.42 Å². The first-order valence-electron chi connectivity index (χ1n) is 14.0. The number of aliphatic carboxylic acids is 4. The number of amides is 3. The predicted molar refractivity (Wildman–Crippen MR) is 146 cm³/mol. The average molecular weight is 588 g/mol. The molecule has 0 bridgehead atoms. The summed E-state index contributed by atoms with van der Waals surface area (Å²) in [7, 11) is 0. The van der Waals surface area contributed by atoms with Crippen molar-refractivity contribution in [2.24, 2.45) is 11.8 Å². The van der Waals surface area contributed by atoms with Gasteiger partial charge in [-0.15, -0.1) is 0 Å². The Morgan fingerprint density at radius 1 is 0.561 bits per heavy atom. The van der Waals surface area contributed by atoms with Crippen molar-refractivity contribution in [3.8, 4) is 0 Å². The molecule has 14 nitrogen and oxygen atoms in total. The van der Waals surface area contributed by atoms with Crippen LogP contribution in [-0.2, 0) is 33.6 Å². The number of hydrogen-bond donors (Lipinski definition) is 7. The molecule has 3 amide bonds. The second kappa shape index (κ2) is 20.2. The minimum Gasteiger partial charge on any atom is -0.481 e. The number of hydrogen-bond acceptors (Lipinski definition) is 7. The molecule has 0 aliphatic rings. The molecule has 0 aromatic carbocycles. The zero-order chi connectivity index (χ0) is 31.5. The molecular weight excluding hydrogens is 542 g/mol. The molecule has 0 rings (SSSR count). The van der Waals surface area contributed by atoms with Crippen molar-refractivity contribution in [1.82, 2.24) is 16.0 Å². The van der Waals surface area contributed by atoms with Gasteiger partial charge in [0.05, 0.1) is 5.92 Å². The summed E-state index contributed by atoms with van der Waals surface area (Å²) in [6.07, 6.45) is 4.43. The molecule has 0 heterocycles. The highest BCUT2D eigenvalue weighted by Gasteiger charge is 2.32. The third kappa shape index (κ3) is 16.9. The van der Waals surface area contributed by atoms with Gasteiger partial charge in [0.15, 0.2) is 0 Å². The van der Waals surface area contributed by atoms with Gasteiger partial charge in [-0.2, -0.15) is 0 Å². The molecule has 0 aliphatic heterocycles. The van der Waals surface area contributed by atoms with Gasteiger partial charge in [-0.05, 0) is 32.1 Å². The smallest absolute Gasteiger partial charge is 0.326 e. The van der Waals surface area contributed by atoms with E-state index >= 15 is 0 Å². The van der Waals surface area contributed by atoms with E-state index in [4.69, 9.17) is 10.2 Å². The predicted octanol–water partition coefficient (Wildman–Crippen LogP) is 1.75. The topological polar surface area (TPSA) is 236 Å². The van der Waals surface area contributed by atoms with Crippen molar-refractivity contribution in [1.29, 1.82) is 0 Å². The highest BCUT2D eigenvalue weighted by atomic mass is 16.4. The summed E-state index contributed by atoms with van der Waals surface area (Å²) in [6.45, 7) is 4.76. The second-order valence-electron chi connectivity index (χ2n) is 10.3. The number of rotatable bonds is 23. The van der Waals surface area contributed by atoms with Crippen LogP contribution in [0.2, 0.25) is 0 Å². The van der Waals surface area contributed by atoms with Crippen LogP contribution in [0.4, 0.5) is 0 Å². The summed E-state index contributed by atoms with van der Waals surface area (Å²) in [5.74, 6) is -9.46. The van der Waals surface area contributed by atoms with Gasteiger partial charge >= 0.3 is 23.9 Å². The maximum absolute atomic E-state index is 13.1. The largest absolute Gasteiger partial charge is 0.481 e. The molecule has 5 atom stereocenters. The molecule has 0 aliphatic carbocycles. The monoisotopic (exact) mass is 587 g/mol. The van der Waals surface area contributed by atoms with Crippen molar-refractivity contribution in [3.63, 3.8) is 0 Å². The Balaban J connectivity index is 5.51. The average Bonchev–Trinajstić information content (AvgIpc) is 2.88. The fourth-order valence-corrected chi connectivity index (χ4v) is 4.00. The van der Waals surface area contributed by atoms with Crippen LogP contribution < -0.4 is 16.0 Å². The van der Waals surface area contributed by atoms with Crippen LogP contribution in [0.25, 0.3) is 0 Å². The van der Waals surface area contributed by atoms with Crippen LogP contribution in [0.1, 0.15) is 97.8 Å². The molecule has 5 unspecified atom stereocenters. The third-order valence-corrected chi connectivity index (χ3v) is 6.57. The second-order valence-corrected chi connectivity index (χ2v) is 10.3. The fourth-order valence-electron chi connectivity index (χ4n) is 4.00. The lowest BCUT2D eigenvalue weighted by molar-refractivity contribution is -0.146. The lowest BCUT2D eigenvalue weighted by atomic mass is 9.97. The standard InChI is InChI=1S/C27H45N3O11/c1-4-5-6-7-8-9-12-21(31)28-19(24(35)29-18(26(38)39)11-10-13-22(32)33)14-16(2)23(34)30-20(27(40)41)15-17(3)25(36)37/h16-20H,4-15H2,1-3H3,(H,28,31)(H,29,35)(H,30,34)(H,32,33)(H,36,37)(H,38,39)(H,40,41). The number of carbonyl (C=O) groups excluding carboxylic acids is 3. The maximum atomic E-state index is 13.1. The summed E-state index contributed by atoms with van der Waals surface area (Å²) < 4.78 is 0. The molecular formula is C27H45N3O11. The molecule has 0 saturated heterocycles. The Kier molecular flexibility index (Phi) is 18.4. The maximum Gasteiger partial charge on any atom is 0.326 e. The van der Waals surface area contributed by atoms with E-state index < -0.39 is 71.6 Å². The van der Waals surface area contributed by atoms with E-state index in [-0.39, 0.29) is 38.5 Å². The fraction of sp³-hybridized carbons (Fsp3) is 0.741. The molecule has 234 valence electrons. The van der Waals surface area contributed by atoms with Crippen LogP contribution >= 0.6 is 0 Å². The van der Waals surface area contributed by atoms with Crippen molar-refractivity contribution in [2.45, 2.75) is 116 Å². The van der Waals surface area contributed by atoms with E-state index in [1.165, 1.54) is 13.8 Å². The van der Waals surface area contributed by atoms with Crippen molar-refractivity contribution in [2.75, 3.05) is 0 Å². The van der Waals surface area contributed by atoms with Gasteiger partial charge in [0.25, 0.3) is 0 Å². The van der Waals surface area contributed by atoms with Gasteiger partial charge in [-0.3, -0.25) is 24.0 Å². The molecule has 14 heteroatoms. The van der Waals surface area contributed by atoms with Gasteiger partial charge in [-0.25, -0.2) is 9.59 Å². The Morgan fingerprint density at radius 2 is 1.10 bits per heavy atom. The molecule has 0 saturated carbocycles. The van der Waals surface area contributed by atoms with E-state index in [2.05, 4.69) is 22.9 Å². The Labute approximate surface area is 239 Å². The summed E-state index contributed by atoms with van der Waals surface area (Å²) in [6, 6.07) is -4.28. The van der Waals surface area contributed by atoms with Gasteiger partial charge in [0.2, 0.25) is 17.7 Å². The molecule has 41 heavy (non-hydrogen) atoms. The zero-order valence-electron chi connectivity index (χ0n) is 24.0. The summed E-state index contributed by atoms with van der Waals surface area (Å²) >= 11 is 0.